The highest BCUT2D eigenvalue weighted by atomic mass is 15.2. The molecule has 2 heteroatoms. The second-order valence-corrected chi connectivity index (χ2v) is 4.78. The van der Waals surface area contributed by atoms with Crippen LogP contribution in [0, 0.1) is 13.8 Å². The summed E-state index contributed by atoms with van der Waals surface area (Å²) in [5.74, 6) is 5.60. The maximum Gasteiger partial charge on any atom is 0.0251 e. The standard InChI is InChI=1S/C15H24N2/c1-4-5-6-7-15(17-16)11-14-9-12(2)8-13(3)10-14/h4,8-10,15,17H,1,5-7,11,16H2,2-3H3. The minimum atomic E-state index is 0.358. The Morgan fingerprint density at radius 1 is 1.29 bits per heavy atom. The lowest BCUT2D eigenvalue weighted by atomic mass is 9.98. The van der Waals surface area contributed by atoms with Gasteiger partial charge in [0.05, 0.1) is 0 Å². The summed E-state index contributed by atoms with van der Waals surface area (Å²) in [5, 5.41) is 0. The first-order valence-corrected chi connectivity index (χ1v) is 6.30. The van der Waals surface area contributed by atoms with Gasteiger partial charge in [0.1, 0.15) is 0 Å². The van der Waals surface area contributed by atoms with E-state index in [1.54, 1.807) is 0 Å². The summed E-state index contributed by atoms with van der Waals surface area (Å²) in [5.41, 5.74) is 6.92. The Labute approximate surface area is 105 Å². The minimum Gasteiger partial charge on any atom is -0.271 e. The van der Waals surface area contributed by atoms with Gasteiger partial charge >= 0.3 is 0 Å². The van der Waals surface area contributed by atoms with E-state index in [0.717, 1.165) is 25.7 Å². The highest BCUT2D eigenvalue weighted by molar-refractivity contribution is 5.29. The number of rotatable bonds is 7. The number of nitrogens with two attached hydrogens (primary N) is 1. The van der Waals surface area contributed by atoms with Crippen LogP contribution in [0.4, 0.5) is 0 Å². The van der Waals surface area contributed by atoms with E-state index in [1.165, 1.54) is 16.7 Å². The quantitative estimate of drug-likeness (QED) is 0.328. The Hall–Kier alpha value is -1.12. The summed E-state index contributed by atoms with van der Waals surface area (Å²) < 4.78 is 0. The maximum absolute atomic E-state index is 5.60. The fourth-order valence-electron chi connectivity index (χ4n) is 2.22. The van der Waals surface area contributed by atoms with Gasteiger partial charge in [-0.25, -0.2) is 0 Å². The average molecular weight is 232 g/mol. The van der Waals surface area contributed by atoms with Crippen LogP contribution in [0.3, 0.4) is 0 Å². The number of allylic oxidation sites excluding steroid dienone is 1. The fourth-order valence-corrected chi connectivity index (χ4v) is 2.22. The molecule has 94 valence electrons. The summed E-state index contributed by atoms with van der Waals surface area (Å²) in [6.45, 7) is 8.01. The molecule has 0 saturated heterocycles. The predicted octanol–water partition coefficient (Wildman–Crippen LogP) is 3.03. The molecule has 0 saturated carbocycles. The molecule has 0 aliphatic carbocycles. The zero-order valence-corrected chi connectivity index (χ0v) is 11.0. The van der Waals surface area contributed by atoms with Crippen LogP contribution in [0.25, 0.3) is 0 Å². The monoisotopic (exact) mass is 232 g/mol. The van der Waals surface area contributed by atoms with Crippen molar-refractivity contribution in [2.24, 2.45) is 5.84 Å². The molecule has 1 rings (SSSR count). The second kappa shape index (κ2) is 7.25. The summed E-state index contributed by atoms with van der Waals surface area (Å²) in [6.07, 6.45) is 6.25. The molecule has 1 atom stereocenters. The summed E-state index contributed by atoms with van der Waals surface area (Å²) >= 11 is 0. The van der Waals surface area contributed by atoms with Crippen molar-refractivity contribution in [2.75, 3.05) is 0 Å². The van der Waals surface area contributed by atoms with Crippen molar-refractivity contribution in [3.05, 3.63) is 47.5 Å². The smallest absolute Gasteiger partial charge is 0.0251 e. The lowest BCUT2D eigenvalue weighted by Crippen LogP contribution is -2.36. The number of hydrazine groups is 1. The van der Waals surface area contributed by atoms with Crippen molar-refractivity contribution >= 4 is 0 Å². The van der Waals surface area contributed by atoms with Crippen molar-refractivity contribution < 1.29 is 0 Å². The molecule has 0 aliphatic heterocycles. The van der Waals surface area contributed by atoms with E-state index in [0.29, 0.717) is 6.04 Å². The van der Waals surface area contributed by atoms with Crippen molar-refractivity contribution in [3.63, 3.8) is 0 Å². The van der Waals surface area contributed by atoms with Crippen molar-refractivity contribution in [1.29, 1.82) is 0 Å². The first kappa shape index (κ1) is 13.9. The number of aryl methyl sites for hydroxylation is 2. The molecular weight excluding hydrogens is 208 g/mol. The second-order valence-electron chi connectivity index (χ2n) is 4.78. The Morgan fingerprint density at radius 3 is 2.47 bits per heavy atom. The van der Waals surface area contributed by atoms with Crippen LogP contribution in [-0.2, 0) is 6.42 Å². The first-order chi connectivity index (χ1) is 8.15. The molecule has 0 heterocycles. The third kappa shape index (κ3) is 5.16. The zero-order valence-electron chi connectivity index (χ0n) is 11.0. The lowest BCUT2D eigenvalue weighted by Gasteiger charge is -2.16. The van der Waals surface area contributed by atoms with Gasteiger partial charge in [-0.1, -0.05) is 35.4 Å². The van der Waals surface area contributed by atoms with E-state index in [4.69, 9.17) is 5.84 Å². The molecule has 1 aromatic carbocycles. The third-order valence-electron chi connectivity index (χ3n) is 2.96. The van der Waals surface area contributed by atoms with E-state index < -0.39 is 0 Å². The Morgan fingerprint density at radius 2 is 1.94 bits per heavy atom. The van der Waals surface area contributed by atoms with E-state index >= 15 is 0 Å². The lowest BCUT2D eigenvalue weighted by molar-refractivity contribution is 0.478. The number of benzene rings is 1. The third-order valence-corrected chi connectivity index (χ3v) is 2.96. The molecule has 1 unspecified atom stereocenters. The van der Waals surface area contributed by atoms with Gasteiger partial charge in [-0.3, -0.25) is 11.3 Å². The van der Waals surface area contributed by atoms with Crippen LogP contribution in [-0.4, -0.2) is 6.04 Å². The minimum absolute atomic E-state index is 0.358. The van der Waals surface area contributed by atoms with E-state index in [-0.39, 0.29) is 0 Å². The van der Waals surface area contributed by atoms with Gasteiger partial charge in [0.25, 0.3) is 0 Å². The Bertz CT molecular complexity index is 338. The SMILES string of the molecule is C=CCCCC(Cc1cc(C)cc(C)c1)NN. The molecule has 0 radical (unpaired) electrons. The zero-order chi connectivity index (χ0) is 12.7. The van der Waals surface area contributed by atoms with E-state index in [9.17, 15) is 0 Å². The van der Waals surface area contributed by atoms with Crippen molar-refractivity contribution in [2.45, 2.75) is 45.6 Å². The van der Waals surface area contributed by atoms with Gasteiger partial charge in [0, 0.05) is 6.04 Å². The number of hydrogen-bond donors (Lipinski definition) is 2. The van der Waals surface area contributed by atoms with Crippen LogP contribution in [0.1, 0.15) is 36.0 Å². The molecule has 2 nitrogen and oxygen atoms in total. The normalized spacial score (nSPS) is 12.4. The topological polar surface area (TPSA) is 38.0 Å². The maximum atomic E-state index is 5.60. The van der Waals surface area contributed by atoms with Gasteiger partial charge in [-0.15, -0.1) is 6.58 Å². The molecule has 17 heavy (non-hydrogen) atoms. The highest BCUT2D eigenvalue weighted by Gasteiger charge is 2.07. The van der Waals surface area contributed by atoms with Crippen molar-refractivity contribution in [1.82, 2.24) is 5.43 Å². The van der Waals surface area contributed by atoms with Gasteiger partial charge in [-0.2, -0.15) is 0 Å². The molecule has 0 aromatic heterocycles. The van der Waals surface area contributed by atoms with Gasteiger partial charge in [0.2, 0.25) is 0 Å². The molecule has 0 aliphatic rings. The summed E-state index contributed by atoms with van der Waals surface area (Å²) in [7, 11) is 0. The Kier molecular flexibility index (Phi) is 5.95. The largest absolute Gasteiger partial charge is 0.271 e. The number of unbranched alkanes of at least 4 members (excludes halogenated alkanes) is 1. The highest BCUT2D eigenvalue weighted by Crippen LogP contribution is 2.13. The van der Waals surface area contributed by atoms with Gasteiger partial charge < -0.3 is 0 Å². The van der Waals surface area contributed by atoms with E-state index in [2.05, 4.69) is 44.1 Å². The van der Waals surface area contributed by atoms with Crippen LogP contribution in [0.15, 0.2) is 30.9 Å². The molecule has 3 N–H and O–H groups in total. The fraction of sp³-hybridized carbons (Fsp3) is 0.467. The summed E-state index contributed by atoms with van der Waals surface area (Å²) in [6, 6.07) is 7.04. The first-order valence-electron chi connectivity index (χ1n) is 6.30. The predicted molar refractivity (Wildman–Crippen MR) is 74.8 cm³/mol. The van der Waals surface area contributed by atoms with Crippen LogP contribution >= 0.6 is 0 Å². The average Bonchev–Trinajstić information content (AvgIpc) is 2.26. The molecule has 1 aromatic rings. The molecule has 0 bridgehead atoms. The Balaban J connectivity index is 2.57. The van der Waals surface area contributed by atoms with E-state index in [1.807, 2.05) is 6.08 Å². The van der Waals surface area contributed by atoms with Crippen LogP contribution < -0.4 is 11.3 Å². The van der Waals surface area contributed by atoms with Crippen LogP contribution in [0.5, 0.6) is 0 Å². The summed E-state index contributed by atoms with van der Waals surface area (Å²) in [4.78, 5) is 0. The molecular formula is C15H24N2. The van der Waals surface area contributed by atoms with Crippen LogP contribution in [0.2, 0.25) is 0 Å². The molecule has 0 spiro atoms. The van der Waals surface area contributed by atoms with Crippen molar-refractivity contribution in [3.8, 4) is 0 Å². The molecule has 0 fully saturated rings. The number of hydrogen-bond acceptors (Lipinski definition) is 2. The number of nitrogens with one attached hydrogen (secondary N) is 1. The van der Waals surface area contributed by atoms with Gasteiger partial charge in [0.15, 0.2) is 0 Å². The molecule has 0 amide bonds. The van der Waals surface area contributed by atoms with Gasteiger partial charge in [-0.05, 0) is 45.1 Å².